The number of hydrogen-bond acceptors (Lipinski definition) is 3. The van der Waals surface area contributed by atoms with E-state index in [-0.39, 0.29) is 6.17 Å². The van der Waals surface area contributed by atoms with Crippen LogP contribution in [0.1, 0.15) is 29.4 Å². The zero-order valence-corrected chi connectivity index (χ0v) is 18.1. The molecule has 31 heavy (non-hydrogen) atoms. The van der Waals surface area contributed by atoms with E-state index < -0.39 is 0 Å². The molecule has 0 spiro atoms. The van der Waals surface area contributed by atoms with E-state index in [0.29, 0.717) is 0 Å². The quantitative estimate of drug-likeness (QED) is 0.319. The van der Waals surface area contributed by atoms with Crippen molar-refractivity contribution in [1.29, 1.82) is 0 Å². The first-order chi connectivity index (χ1) is 15.1. The molecule has 0 N–H and O–H groups in total. The summed E-state index contributed by atoms with van der Waals surface area (Å²) in [4.78, 5) is 9.85. The molecule has 1 aliphatic heterocycles. The van der Waals surface area contributed by atoms with Gasteiger partial charge < -0.3 is 9.80 Å². The topological polar surface area (TPSA) is 19.4 Å². The van der Waals surface area contributed by atoms with Gasteiger partial charge in [0.05, 0.1) is 17.1 Å². The highest BCUT2D eigenvalue weighted by Gasteiger charge is 2.40. The van der Waals surface area contributed by atoms with Gasteiger partial charge in [0.2, 0.25) is 0 Å². The van der Waals surface area contributed by atoms with Gasteiger partial charge in [0.15, 0.2) is 0 Å². The highest BCUT2D eigenvalue weighted by Crippen LogP contribution is 2.55. The molecule has 152 valence electrons. The minimum atomic E-state index is 0.160. The second-order valence-electron chi connectivity index (χ2n) is 8.58. The number of aromatic nitrogens is 1. The molecule has 0 unspecified atom stereocenters. The van der Waals surface area contributed by atoms with Gasteiger partial charge in [0.1, 0.15) is 6.17 Å². The second kappa shape index (κ2) is 6.71. The van der Waals surface area contributed by atoms with Gasteiger partial charge in [0, 0.05) is 34.6 Å². The first-order valence-corrected chi connectivity index (χ1v) is 11.0. The molecule has 0 fully saturated rings. The molecule has 3 heteroatoms. The molecule has 0 amide bonds. The fourth-order valence-corrected chi connectivity index (χ4v) is 5.26. The van der Waals surface area contributed by atoms with Crippen LogP contribution in [-0.2, 0) is 6.42 Å². The number of rotatable bonds is 2. The average Bonchev–Trinajstić information content (AvgIpc) is 3.28. The summed E-state index contributed by atoms with van der Waals surface area (Å²) in [5.41, 5.74) is 12.6. The van der Waals surface area contributed by atoms with Crippen molar-refractivity contribution in [3.63, 3.8) is 0 Å². The van der Waals surface area contributed by atoms with Crippen molar-refractivity contribution >= 4 is 22.7 Å². The molecular formula is C28H25N3. The maximum atomic E-state index is 4.87. The van der Waals surface area contributed by atoms with E-state index >= 15 is 0 Å². The molecule has 2 aliphatic rings. The summed E-state index contributed by atoms with van der Waals surface area (Å²) in [6.45, 7) is 6.58. The third kappa shape index (κ3) is 2.63. The van der Waals surface area contributed by atoms with Crippen LogP contribution in [0.4, 0.5) is 22.7 Å². The Hall–Kier alpha value is -3.59. The van der Waals surface area contributed by atoms with Crippen molar-refractivity contribution in [2.75, 3.05) is 9.80 Å². The zero-order valence-electron chi connectivity index (χ0n) is 18.1. The lowest BCUT2D eigenvalue weighted by molar-refractivity contribution is 0.760. The van der Waals surface area contributed by atoms with Crippen LogP contribution in [0.2, 0.25) is 0 Å². The Bertz CT molecular complexity index is 1310. The standard InChI is InChI=1S/C28H25N3/c1-18-9-7-8-12-25(18)31-20(3)30(22-10-5-4-6-11-22)26-16-14-21-17-24-23(27(21)28(26)31)15-13-19(2)29-24/h4-16,20H,17H2,1-3H3/t20-/m0/s1. The van der Waals surface area contributed by atoms with Gasteiger partial charge in [-0.05, 0) is 62.2 Å². The SMILES string of the molecule is Cc1ccc2c(n1)Cc1ccc3c(c1-2)N(c1ccccc1C)[C@@H](C)N3c1ccccc1. The summed E-state index contributed by atoms with van der Waals surface area (Å²) in [6.07, 6.45) is 1.06. The van der Waals surface area contributed by atoms with Crippen LogP contribution >= 0.6 is 0 Å². The Kier molecular flexibility index (Phi) is 3.94. The number of anilines is 4. The van der Waals surface area contributed by atoms with Crippen LogP contribution in [0.3, 0.4) is 0 Å². The largest absolute Gasteiger partial charge is 0.319 e. The molecule has 6 rings (SSSR count). The summed E-state index contributed by atoms with van der Waals surface area (Å²) in [7, 11) is 0. The molecule has 0 saturated heterocycles. The maximum Gasteiger partial charge on any atom is 0.108 e. The van der Waals surface area contributed by atoms with Crippen LogP contribution in [0.15, 0.2) is 78.9 Å². The van der Waals surface area contributed by atoms with Crippen LogP contribution < -0.4 is 9.80 Å². The third-order valence-electron chi connectivity index (χ3n) is 6.64. The lowest BCUT2D eigenvalue weighted by atomic mass is 10.0. The number of nitrogens with zero attached hydrogens (tertiary/aromatic N) is 3. The van der Waals surface area contributed by atoms with Gasteiger partial charge in [-0.1, -0.05) is 48.5 Å². The van der Waals surface area contributed by atoms with Crippen molar-refractivity contribution in [2.45, 2.75) is 33.4 Å². The van der Waals surface area contributed by atoms with Gasteiger partial charge >= 0.3 is 0 Å². The molecule has 3 aromatic carbocycles. The average molecular weight is 404 g/mol. The lowest BCUT2D eigenvalue weighted by Gasteiger charge is -2.31. The molecule has 0 radical (unpaired) electrons. The van der Waals surface area contributed by atoms with Gasteiger partial charge in [-0.3, -0.25) is 4.98 Å². The summed E-state index contributed by atoms with van der Waals surface area (Å²) in [5.74, 6) is 0. The molecular weight excluding hydrogens is 378 g/mol. The minimum absolute atomic E-state index is 0.160. The van der Waals surface area contributed by atoms with E-state index in [0.717, 1.165) is 12.1 Å². The van der Waals surface area contributed by atoms with Gasteiger partial charge in [-0.2, -0.15) is 0 Å². The van der Waals surface area contributed by atoms with Crippen molar-refractivity contribution in [1.82, 2.24) is 4.98 Å². The highest BCUT2D eigenvalue weighted by atomic mass is 15.4. The van der Waals surface area contributed by atoms with Crippen molar-refractivity contribution in [3.05, 3.63) is 101 Å². The van der Waals surface area contributed by atoms with Crippen LogP contribution in [0, 0.1) is 13.8 Å². The predicted molar refractivity (Wildman–Crippen MR) is 129 cm³/mol. The summed E-state index contributed by atoms with van der Waals surface area (Å²) >= 11 is 0. The van der Waals surface area contributed by atoms with E-state index in [9.17, 15) is 0 Å². The second-order valence-corrected chi connectivity index (χ2v) is 8.58. The van der Waals surface area contributed by atoms with Crippen LogP contribution in [0.5, 0.6) is 0 Å². The smallest absolute Gasteiger partial charge is 0.108 e. The summed E-state index contributed by atoms with van der Waals surface area (Å²) < 4.78 is 0. The number of hydrogen-bond donors (Lipinski definition) is 0. The summed E-state index contributed by atoms with van der Waals surface area (Å²) in [5, 5.41) is 0. The maximum absolute atomic E-state index is 4.87. The van der Waals surface area contributed by atoms with Crippen LogP contribution in [-0.4, -0.2) is 11.1 Å². The zero-order chi connectivity index (χ0) is 21.1. The van der Waals surface area contributed by atoms with E-state index in [2.05, 4.69) is 109 Å². The Morgan fingerprint density at radius 1 is 0.774 bits per heavy atom. The fraction of sp³-hybridized carbons (Fsp3) is 0.179. The van der Waals surface area contributed by atoms with Crippen molar-refractivity contribution in [2.24, 2.45) is 0 Å². The molecule has 1 aromatic heterocycles. The van der Waals surface area contributed by atoms with Crippen LogP contribution in [0.25, 0.3) is 11.1 Å². The molecule has 4 aromatic rings. The van der Waals surface area contributed by atoms with E-state index in [4.69, 9.17) is 4.98 Å². The Balaban J connectivity index is 1.65. The molecule has 0 bridgehead atoms. The fourth-order valence-electron chi connectivity index (χ4n) is 5.26. The van der Waals surface area contributed by atoms with E-state index in [1.54, 1.807) is 0 Å². The predicted octanol–water partition coefficient (Wildman–Crippen LogP) is 6.91. The third-order valence-corrected chi connectivity index (χ3v) is 6.64. The number of fused-ring (bicyclic) bond motifs is 5. The Labute approximate surface area is 183 Å². The number of para-hydroxylation sites is 2. The number of pyridine rings is 1. The molecule has 1 aliphatic carbocycles. The molecule has 0 saturated carbocycles. The lowest BCUT2D eigenvalue weighted by Crippen LogP contribution is -2.35. The monoisotopic (exact) mass is 403 g/mol. The minimum Gasteiger partial charge on any atom is -0.319 e. The van der Waals surface area contributed by atoms with Crippen molar-refractivity contribution in [3.8, 4) is 11.1 Å². The van der Waals surface area contributed by atoms with Gasteiger partial charge in [0.25, 0.3) is 0 Å². The Morgan fingerprint density at radius 2 is 1.55 bits per heavy atom. The highest BCUT2D eigenvalue weighted by molar-refractivity contribution is 6.01. The molecule has 1 atom stereocenters. The molecule has 3 nitrogen and oxygen atoms in total. The van der Waals surface area contributed by atoms with E-state index in [1.165, 1.54) is 50.7 Å². The summed E-state index contributed by atoms with van der Waals surface area (Å²) in [6, 6.07) is 28.4. The molecule has 2 heterocycles. The van der Waals surface area contributed by atoms with Gasteiger partial charge in [-0.15, -0.1) is 0 Å². The van der Waals surface area contributed by atoms with Gasteiger partial charge in [-0.25, -0.2) is 0 Å². The van der Waals surface area contributed by atoms with Crippen molar-refractivity contribution < 1.29 is 0 Å². The number of benzene rings is 3. The first-order valence-electron chi connectivity index (χ1n) is 11.0. The number of aryl methyl sites for hydroxylation is 2. The first kappa shape index (κ1) is 18.2. The normalized spacial score (nSPS) is 16.3. The van der Waals surface area contributed by atoms with E-state index in [1.807, 2.05) is 0 Å². The Morgan fingerprint density at radius 3 is 2.35 bits per heavy atom.